The van der Waals surface area contributed by atoms with Crippen LogP contribution in [-0.4, -0.2) is 15.7 Å². The summed E-state index contributed by atoms with van der Waals surface area (Å²) in [6.45, 7) is 0.424. The Morgan fingerprint density at radius 1 is 1.19 bits per heavy atom. The predicted molar refractivity (Wildman–Crippen MR) is 78.9 cm³/mol. The molecular weight excluding hydrogens is 272 g/mol. The molecule has 0 unspecified atom stereocenters. The van der Waals surface area contributed by atoms with Gasteiger partial charge in [-0.2, -0.15) is 0 Å². The van der Waals surface area contributed by atoms with Crippen LogP contribution in [0.1, 0.15) is 12.0 Å². The Labute approximate surface area is 120 Å². The fourth-order valence-corrected chi connectivity index (χ4v) is 1.87. The van der Waals surface area contributed by atoms with E-state index in [4.69, 9.17) is 5.73 Å². The first-order chi connectivity index (χ1) is 10.1. The Kier molecular flexibility index (Phi) is 4.68. The summed E-state index contributed by atoms with van der Waals surface area (Å²) in [7, 11) is 0. The van der Waals surface area contributed by atoms with E-state index in [0.717, 1.165) is 16.3 Å². The van der Waals surface area contributed by atoms with E-state index in [1.807, 2.05) is 12.1 Å². The van der Waals surface area contributed by atoms with E-state index in [2.05, 4.69) is 10.4 Å². The van der Waals surface area contributed by atoms with E-state index in [9.17, 15) is 14.4 Å². The van der Waals surface area contributed by atoms with Crippen LogP contribution < -0.4 is 22.2 Å². The van der Waals surface area contributed by atoms with Crippen LogP contribution in [0.4, 0.5) is 5.69 Å². The second-order valence-corrected chi connectivity index (χ2v) is 4.46. The van der Waals surface area contributed by atoms with Crippen molar-refractivity contribution < 1.29 is 4.79 Å². The van der Waals surface area contributed by atoms with Crippen LogP contribution in [0.3, 0.4) is 0 Å². The Balaban J connectivity index is 2.01. The van der Waals surface area contributed by atoms with Crippen LogP contribution in [0.15, 0.2) is 46.0 Å². The third-order valence-electron chi connectivity index (χ3n) is 2.96. The highest BCUT2D eigenvalue weighted by molar-refractivity contribution is 5.91. The van der Waals surface area contributed by atoms with Crippen LogP contribution >= 0.6 is 0 Å². The molecule has 0 saturated heterocycles. The molecule has 7 nitrogen and oxygen atoms in total. The molecule has 0 radical (unpaired) electrons. The van der Waals surface area contributed by atoms with E-state index in [-0.39, 0.29) is 30.0 Å². The van der Waals surface area contributed by atoms with Gasteiger partial charge in [0, 0.05) is 30.8 Å². The molecule has 2 rings (SSSR count). The number of aromatic amines is 1. The molecule has 21 heavy (non-hydrogen) atoms. The smallest absolute Gasteiger partial charge is 0.265 e. The third kappa shape index (κ3) is 3.90. The van der Waals surface area contributed by atoms with Gasteiger partial charge in [0.05, 0.1) is 6.54 Å². The minimum Gasteiger partial charge on any atom is -0.326 e. The summed E-state index contributed by atoms with van der Waals surface area (Å²) >= 11 is 0. The number of aryl methyl sites for hydroxylation is 1. The van der Waals surface area contributed by atoms with Crippen molar-refractivity contribution in [3.63, 3.8) is 0 Å². The number of carbonyl (C=O) groups excluding carboxylic acids is 1. The van der Waals surface area contributed by atoms with Gasteiger partial charge in [-0.05, 0) is 11.6 Å². The molecule has 1 aromatic heterocycles. The number of H-pyrrole nitrogens is 1. The van der Waals surface area contributed by atoms with Crippen molar-refractivity contribution in [2.24, 2.45) is 5.73 Å². The lowest BCUT2D eigenvalue weighted by Crippen LogP contribution is -2.29. The molecule has 2 aromatic rings. The molecule has 0 fully saturated rings. The number of hydrogen-bond acceptors (Lipinski definition) is 4. The normalized spacial score (nSPS) is 10.3. The van der Waals surface area contributed by atoms with Gasteiger partial charge in [0.1, 0.15) is 0 Å². The molecule has 4 N–H and O–H groups in total. The number of hydrogen-bond donors (Lipinski definition) is 3. The van der Waals surface area contributed by atoms with Gasteiger partial charge in [-0.1, -0.05) is 18.2 Å². The maximum atomic E-state index is 11.9. The second kappa shape index (κ2) is 6.67. The number of nitrogens with two attached hydrogens (primary N) is 1. The highest BCUT2D eigenvalue weighted by Gasteiger charge is 2.06. The number of amides is 1. The van der Waals surface area contributed by atoms with Crippen molar-refractivity contribution in [2.75, 3.05) is 5.32 Å². The minimum atomic E-state index is -0.386. The summed E-state index contributed by atoms with van der Waals surface area (Å²) in [5.74, 6) is -0.257. The molecule has 1 amide bonds. The van der Waals surface area contributed by atoms with Gasteiger partial charge in [0.25, 0.3) is 11.1 Å². The number of rotatable bonds is 5. The fourth-order valence-electron chi connectivity index (χ4n) is 1.87. The zero-order valence-electron chi connectivity index (χ0n) is 11.3. The number of anilines is 1. The Morgan fingerprint density at radius 2 is 1.95 bits per heavy atom. The van der Waals surface area contributed by atoms with Crippen LogP contribution in [0.2, 0.25) is 0 Å². The quantitative estimate of drug-likeness (QED) is 0.720. The number of aromatic nitrogens is 2. The summed E-state index contributed by atoms with van der Waals surface area (Å²) in [5.41, 5.74) is 6.33. The molecule has 0 bridgehead atoms. The zero-order chi connectivity index (χ0) is 15.2. The first-order valence-corrected chi connectivity index (χ1v) is 6.48. The van der Waals surface area contributed by atoms with Crippen LogP contribution in [0.25, 0.3) is 0 Å². The van der Waals surface area contributed by atoms with Crippen molar-refractivity contribution in [3.8, 4) is 0 Å². The molecule has 0 spiro atoms. The topological polar surface area (TPSA) is 110 Å². The van der Waals surface area contributed by atoms with E-state index < -0.39 is 0 Å². The first-order valence-electron chi connectivity index (χ1n) is 6.48. The fraction of sp³-hybridized carbons (Fsp3) is 0.214. The number of benzene rings is 1. The summed E-state index contributed by atoms with van der Waals surface area (Å²) in [4.78, 5) is 34.5. The van der Waals surface area contributed by atoms with E-state index in [1.54, 1.807) is 12.1 Å². The van der Waals surface area contributed by atoms with Crippen molar-refractivity contribution in [2.45, 2.75) is 19.5 Å². The monoisotopic (exact) mass is 288 g/mol. The molecule has 0 aliphatic carbocycles. The van der Waals surface area contributed by atoms with Gasteiger partial charge in [-0.3, -0.25) is 19.5 Å². The van der Waals surface area contributed by atoms with Crippen molar-refractivity contribution in [3.05, 3.63) is 62.7 Å². The maximum Gasteiger partial charge on any atom is 0.265 e. The summed E-state index contributed by atoms with van der Waals surface area (Å²) in [6.07, 6.45) is 0.0682. The minimum absolute atomic E-state index is 0.0682. The van der Waals surface area contributed by atoms with Gasteiger partial charge >= 0.3 is 0 Å². The van der Waals surface area contributed by atoms with Gasteiger partial charge in [0.2, 0.25) is 5.91 Å². The molecule has 1 heterocycles. The molecule has 1 aromatic carbocycles. The lowest BCUT2D eigenvalue weighted by molar-refractivity contribution is -0.116. The standard InChI is InChI=1S/C14H16N4O3/c15-9-10-3-1-2-4-11(10)16-12(19)7-8-18-14(21)6-5-13(20)17-18/h1-6H,7-9,15H2,(H,16,19)(H,17,20). The molecule has 0 saturated carbocycles. The molecule has 7 heteroatoms. The summed E-state index contributed by atoms with van der Waals surface area (Å²) < 4.78 is 1.11. The van der Waals surface area contributed by atoms with Crippen LogP contribution in [0.5, 0.6) is 0 Å². The first kappa shape index (κ1) is 14.7. The molecule has 110 valence electrons. The molecular formula is C14H16N4O3. The molecule has 0 aliphatic rings. The number of para-hydroxylation sites is 1. The second-order valence-electron chi connectivity index (χ2n) is 4.46. The zero-order valence-corrected chi connectivity index (χ0v) is 11.3. The lowest BCUT2D eigenvalue weighted by atomic mass is 10.2. The van der Waals surface area contributed by atoms with Gasteiger partial charge in [-0.15, -0.1) is 0 Å². The van der Waals surface area contributed by atoms with Crippen molar-refractivity contribution in [1.29, 1.82) is 0 Å². The number of nitrogens with one attached hydrogen (secondary N) is 2. The van der Waals surface area contributed by atoms with Crippen molar-refractivity contribution in [1.82, 2.24) is 9.78 Å². The average molecular weight is 288 g/mol. The van der Waals surface area contributed by atoms with Gasteiger partial charge < -0.3 is 11.1 Å². The summed E-state index contributed by atoms with van der Waals surface area (Å²) in [6, 6.07) is 9.54. The molecule has 0 atom stereocenters. The van der Waals surface area contributed by atoms with E-state index in [1.165, 1.54) is 6.07 Å². The Morgan fingerprint density at radius 3 is 2.71 bits per heavy atom. The largest absolute Gasteiger partial charge is 0.326 e. The average Bonchev–Trinajstić information content (AvgIpc) is 2.49. The third-order valence-corrected chi connectivity index (χ3v) is 2.96. The van der Waals surface area contributed by atoms with Gasteiger partial charge in [0.15, 0.2) is 0 Å². The Hall–Kier alpha value is -2.67. The lowest BCUT2D eigenvalue weighted by Gasteiger charge is -2.10. The molecule has 0 aliphatic heterocycles. The van der Waals surface area contributed by atoms with Crippen molar-refractivity contribution >= 4 is 11.6 Å². The maximum absolute atomic E-state index is 11.9. The number of nitrogens with zero attached hydrogens (tertiary/aromatic N) is 1. The van der Waals surface area contributed by atoms with Crippen LogP contribution in [-0.2, 0) is 17.9 Å². The predicted octanol–water partition coefficient (Wildman–Crippen LogP) is 0.0241. The summed E-state index contributed by atoms with van der Waals surface area (Å²) in [5, 5.41) is 5.11. The highest BCUT2D eigenvalue weighted by atomic mass is 16.2. The Bertz CT molecular complexity index is 748. The highest BCUT2D eigenvalue weighted by Crippen LogP contribution is 2.14. The van der Waals surface area contributed by atoms with Gasteiger partial charge in [-0.25, -0.2) is 4.68 Å². The van der Waals surface area contributed by atoms with E-state index >= 15 is 0 Å². The SMILES string of the molecule is NCc1ccccc1NC(=O)CCn1[nH]c(=O)ccc1=O. The number of carbonyl (C=O) groups is 1. The van der Waals surface area contributed by atoms with Crippen LogP contribution in [0, 0.1) is 0 Å². The van der Waals surface area contributed by atoms with E-state index in [0.29, 0.717) is 12.2 Å².